The summed E-state index contributed by atoms with van der Waals surface area (Å²) in [6.07, 6.45) is 3.81. The van der Waals surface area contributed by atoms with Crippen LogP contribution in [0.3, 0.4) is 0 Å². The molecule has 0 aliphatic carbocycles. The largest absolute Gasteiger partial charge is 0.370 e. The topological polar surface area (TPSA) is 102 Å². The quantitative estimate of drug-likeness (QED) is 0.236. The Morgan fingerprint density at radius 3 is 2.15 bits per heavy atom. The van der Waals surface area contributed by atoms with Gasteiger partial charge in [0.05, 0.1) is 5.69 Å². The summed E-state index contributed by atoms with van der Waals surface area (Å²) in [6, 6.07) is 30.7. The molecule has 3 aromatic carbocycles. The number of anilines is 1. The van der Waals surface area contributed by atoms with Gasteiger partial charge in [0.2, 0.25) is 0 Å². The fourth-order valence-electron chi connectivity index (χ4n) is 3.81. The summed E-state index contributed by atoms with van der Waals surface area (Å²) in [5.41, 5.74) is 16.3. The van der Waals surface area contributed by atoms with E-state index in [9.17, 15) is 0 Å². The standard InChI is InChI=1S/C28H30N6/c29-28(30)33-24-16-8-14-23(19-24)27-32-25(15-7-13-21-9-3-1-4-10-21)20-26(34-27)31-18-17-22-11-5-2-6-12-22/h1-6,8-12,14,16,19-20H,7,13,15,17-18H2,(H4,29,30,33)(H,31,32,34). The summed E-state index contributed by atoms with van der Waals surface area (Å²) < 4.78 is 0. The third-order valence-electron chi connectivity index (χ3n) is 5.45. The minimum absolute atomic E-state index is 0.0241. The third-order valence-corrected chi connectivity index (χ3v) is 5.45. The lowest BCUT2D eigenvalue weighted by molar-refractivity contribution is 0.796. The van der Waals surface area contributed by atoms with Crippen molar-refractivity contribution in [3.8, 4) is 11.4 Å². The number of benzene rings is 3. The Bertz CT molecular complexity index is 1150. The molecule has 4 rings (SSSR count). The summed E-state index contributed by atoms with van der Waals surface area (Å²) in [7, 11) is 0. The molecule has 0 fully saturated rings. The van der Waals surface area contributed by atoms with Gasteiger partial charge in [-0.3, -0.25) is 0 Å². The predicted molar refractivity (Wildman–Crippen MR) is 140 cm³/mol. The zero-order chi connectivity index (χ0) is 23.6. The van der Waals surface area contributed by atoms with E-state index in [1.807, 2.05) is 36.4 Å². The maximum Gasteiger partial charge on any atom is 0.191 e. The third kappa shape index (κ3) is 6.90. The highest BCUT2D eigenvalue weighted by Crippen LogP contribution is 2.23. The zero-order valence-electron chi connectivity index (χ0n) is 19.2. The van der Waals surface area contributed by atoms with E-state index in [1.54, 1.807) is 0 Å². The summed E-state index contributed by atoms with van der Waals surface area (Å²) in [5, 5.41) is 3.48. The number of guanidine groups is 1. The molecule has 1 aromatic heterocycles. The van der Waals surface area contributed by atoms with E-state index in [0.29, 0.717) is 11.5 Å². The van der Waals surface area contributed by atoms with Gasteiger partial charge < -0.3 is 16.8 Å². The van der Waals surface area contributed by atoms with E-state index in [1.165, 1.54) is 11.1 Å². The van der Waals surface area contributed by atoms with Crippen molar-refractivity contribution >= 4 is 17.5 Å². The molecule has 0 amide bonds. The van der Waals surface area contributed by atoms with E-state index in [2.05, 4.69) is 64.9 Å². The fraction of sp³-hybridized carbons (Fsp3) is 0.179. The van der Waals surface area contributed by atoms with Crippen LogP contribution in [0.5, 0.6) is 0 Å². The van der Waals surface area contributed by atoms with Crippen LogP contribution in [0.25, 0.3) is 11.4 Å². The van der Waals surface area contributed by atoms with Crippen LogP contribution in [0.1, 0.15) is 23.2 Å². The van der Waals surface area contributed by atoms with Crippen molar-refractivity contribution in [2.75, 3.05) is 11.9 Å². The lowest BCUT2D eigenvalue weighted by Gasteiger charge is -2.11. The first-order valence-corrected chi connectivity index (χ1v) is 11.6. The highest BCUT2D eigenvalue weighted by atomic mass is 15.0. The van der Waals surface area contributed by atoms with Crippen LogP contribution in [-0.4, -0.2) is 22.5 Å². The van der Waals surface area contributed by atoms with Crippen molar-refractivity contribution in [3.63, 3.8) is 0 Å². The fourth-order valence-corrected chi connectivity index (χ4v) is 3.81. The number of nitrogens with two attached hydrogens (primary N) is 2. The van der Waals surface area contributed by atoms with Crippen molar-refractivity contribution in [2.45, 2.75) is 25.7 Å². The number of aromatic nitrogens is 2. The first kappa shape index (κ1) is 23.0. The monoisotopic (exact) mass is 450 g/mol. The van der Waals surface area contributed by atoms with E-state index in [4.69, 9.17) is 21.4 Å². The lowest BCUT2D eigenvalue weighted by Crippen LogP contribution is -2.21. The van der Waals surface area contributed by atoms with E-state index in [0.717, 1.165) is 49.3 Å². The van der Waals surface area contributed by atoms with Crippen LogP contribution < -0.4 is 16.8 Å². The number of rotatable bonds is 10. The molecule has 1 heterocycles. The molecule has 0 saturated carbocycles. The summed E-state index contributed by atoms with van der Waals surface area (Å²) in [5.74, 6) is 1.51. The minimum Gasteiger partial charge on any atom is -0.370 e. The molecule has 6 nitrogen and oxygen atoms in total. The molecule has 0 saturated heterocycles. The van der Waals surface area contributed by atoms with E-state index >= 15 is 0 Å². The van der Waals surface area contributed by atoms with Crippen molar-refractivity contribution in [2.24, 2.45) is 16.5 Å². The Morgan fingerprint density at radius 2 is 1.44 bits per heavy atom. The second-order valence-corrected chi connectivity index (χ2v) is 8.16. The van der Waals surface area contributed by atoms with Crippen molar-refractivity contribution < 1.29 is 0 Å². The summed E-state index contributed by atoms with van der Waals surface area (Å²) >= 11 is 0. The second kappa shape index (κ2) is 11.6. The van der Waals surface area contributed by atoms with Crippen LogP contribution in [0, 0.1) is 0 Å². The van der Waals surface area contributed by atoms with Gasteiger partial charge in [0.15, 0.2) is 11.8 Å². The maximum atomic E-state index is 5.55. The number of aryl methyl sites for hydroxylation is 2. The molecule has 0 bridgehead atoms. The van der Waals surface area contributed by atoms with Gasteiger partial charge in [0.1, 0.15) is 5.82 Å². The maximum absolute atomic E-state index is 5.55. The summed E-state index contributed by atoms with van der Waals surface area (Å²) in [6.45, 7) is 0.790. The van der Waals surface area contributed by atoms with Crippen LogP contribution in [0.15, 0.2) is 96.0 Å². The molecule has 0 spiro atoms. The van der Waals surface area contributed by atoms with Gasteiger partial charge in [0, 0.05) is 23.9 Å². The molecule has 172 valence electrons. The molecule has 0 aliphatic heterocycles. The molecule has 0 unspecified atom stereocenters. The van der Waals surface area contributed by atoms with Gasteiger partial charge in [-0.25, -0.2) is 15.0 Å². The van der Waals surface area contributed by atoms with Crippen molar-refractivity contribution in [1.29, 1.82) is 0 Å². The smallest absolute Gasteiger partial charge is 0.191 e. The van der Waals surface area contributed by atoms with Crippen molar-refractivity contribution in [3.05, 3.63) is 108 Å². The van der Waals surface area contributed by atoms with Gasteiger partial charge in [-0.15, -0.1) is 0 Å². The van der Waals surface area contributed by atoms with Crippen LogP contribution in [-0.2, 0) is 19.3 Å². The average molecular weight is 451 g/mol. The summed E-state index contributed by atoms with van der Waals surface area (Å²) in [4.78, 5) is 13.8. The number of hydrogen-bond donors (Lipinski definition) is 3. The Balaban J connectivity index is 1.53. The molecule has 34 heavy (non-hydrogen) atoms. The Morgan fingerprint density at radius 1 is 0.735 bits per heavy atom. The minimum atomic E-state index is 0.0241. The van der Waals surface area contributed by atoms with Crippen LogP contribution in [0.2, 0.25) is 0 Å². The van der Waals surface area contributed by atoms with Crippen molar-refractivity contribution in [1.82, 2.24) is 9.97 Å². The SMILES string of the molecule is NC(N)=Nc1cccc(-c2nc(CCCc3ccccc3)cc(NCCc3ccccc3)n2)c1. The molecular formula is C28H30N6. The Labute approximate surface area is 200 Å². The molecule has 0 radical (unpaired) electrons. The predicted octanol–water partition coefficient (Wildman–Crippen LogP) is 4.88. The van der Waals surface area contributed by atoms with Crippen LogP contribution in [0.4, 0.5) is 11.5 Å². The van der Waals surface area contributed by atoms with E-state index in [-0.39, 0.29) is 5.96 Å². The van der Waals surface area contributed by atoms with E-state index < -0.39 is 0 Å². The molecule has 0 atom stereocenters. The first-order valence-electron chi connectivity index (χ1n) is 11.6. The van der Waals surface area contributed by atoms with Gasteiger partial charge >= 0.3 is 0 Å². The van der Waals surface area contributed by atoms with Gasteiger partial charge in [-0.1, -0.05) is 72.8 Å². The van der Waals surface area contributed by atoms with Gasteiger partial charge in [-0.2, -0.15) is 0 Å². The lowest BCUT2D eigenvalue weighted by atomic mass is 10.1. The molecule has 5 N–H and O–H groups in total. The van der Waals surface area contributed by atoms with Crippen LogP contribution >= 0.6 is 0 Å². The van der Waals surface area contributed by atoms with Gasteiger partial charge in [-0.05, 0) is 48.9 Å². The zero-order valence-corrected chi connectivity index (χ0v) is 19.2. The Hall–Kier alpha value is -4.19. The normalized spacial score (nSPS) is 10.6. The number of nitrogens with one attached hydrogen (secondary N) is 1. The average Bonchev–Trinajstić information content (AvgIpc) is 2.85. The number of aliphatic imine (C=N–C) groups is 1. The number of hydrogen-bond acceptors (Lipinski definition) is 4. The highest BCUT2D eigenvalue weighted by molar-refractivity contribution is 5.79. The van der Waals surface area contributed by atoms with Gasteiger partial charge in [0.25, 0.3) is 0 Å². The molecule has 4 aromatic rings. The molecule has 0 aliphatic rings. The Kier molecular flexibility index (Phi) is 7.85. The molecule has 6 heteroatoms. The molecular weight excluding hydrogens is 420 g/mol. The first-order chi connectivity index (χ1) is 16.7. The highest BCUT2D eigenvalue weighted by Gasteiger charge is 2.09. The second-order valence-electron chi connectivity index (χ2n) is 8.16. The number of nitrogens with zero attached hydrogens (tertiary/aromatic N) is 3.